The molecule has 0 spiro atoms. The number of hydrogen-bond donors (Lipinski definition) is 2. The first-order valence-corrected chi connectivity index (χ1v) is 5.50. The highest BCUT2D eigenvalue weighted by Crippen LogP contribution is 2.30. The Balaban J connectivity index is 2.39. The van der Waals surface area contributed by atoms with Crippen LogP contribution in [0.2, 0.25) is 0 Å². The second kappa shape index (κ2) is 4.00. The first-order valence-electron chi connectivity index (χ1n) is 4.62. The van der Waals surface area contributed by atoms with Gasteiger partial charge in [-0.05, 0) is 22.4 Å². The normalized spacial score (nSPS) is 12.9. The lowest BCUT2D eigenvalue weighted by Crippen LogP contribution is -2.14. The first-order chi connectivity index (χ1) is 7.18. The third-order valence-electron chi connectivity index (χ3n) is 2.30. The molecule has 1 aromatic heterocycles. The molecule has 0 aliphatic carbocycles. The zero-order chi connectivity index (χ0) is 10.8. The van der Waals surface area contributed by atoms with Crippen LogP contribution < -0.4 is 5.73 Å². The van der Waals surface area contributed by atoms with Crippen LogP contribution in [-0.2, 0) is 4.79 Å². The van der Waals surface area contributed by atoms with Gasteiger partial charge < -0.3 is 10.8 Å². The van der Waals surface area contributed by atoms with Crippen LogP contribution in [0.1, 0.15) is 18.0 Å². The van der Waals surface area contributed by atoms with Gasteiger partial charge in [0.05, 0.1) is 6.42 Å². The minimum Gasteiger partial charge on any atom is -0.481 e. The molecule has 0 amide bonds. The monoisotopic (exact) mass is 221 g/mol. The van der Waals surface area contributed by atoms with Crippen molar-refractivity contribution in [1.82, 2.24) is 0 Å². The highest BCUT2D eigenvalue weighted by Gasteiger charge is 2.14. The smallest absolute Gasteiger partial charge is 0.305 e. The van der Waals surface area contributed by atoms with Crippen molar-refractivity contribution in [2.45, 2.75) is 12.5 Å². The number of aliphatic carboxylic acids is 1. The summed E-state index contributed by atoms with van der Waals surface area (Å²) in [5.74, 6) is -0.863. The molecule has 3 nitrogen and oxygen atoms in total. The topological polar surface area (TPSA) is 63.3 Å². The molecule has 0 saturated carbocycles. The van der Waals surface area contributed by atoms with Crippen molar-refractivity contribution < 1.29 is 9.90 Å². The number of carboxylic acid groups (broad SMARTS) is 1. The Morgan fingerprint density at radius 1 is 1.47 bits per heavy atom. The van der Waals surface area contributed by atoms with Crippen molar-refractivity contribution in [1.29, 1.82) is 0 Å². The average Bonchev–Trinajstić information content (AvgIpc) is 2.59. The predicted octanol–water partition coefficient (Wildman–Crippen LogP) is 2.38. The third-order valence-corrected chi connectivity index (χ3v) is 3.29. The Labute approximate surface area is 91.1 Å². The van der Waals surface area contributed by atoms with Crippen molar-refractivity contribution in [3.05, 3.63) is 35.2 Å². The lowest BCUT2D eigenvalue weighted by Gasteiger charge is -2.07. The Morgan fingerprint density at radius 2 is 2.20 bits per heavy atom. The predicted molar refractivity (Wildman–Crippen MR) is 61.0 cm³/mol. The average molecular weight is 221 g/mol. The lowest BCUT2D eigenvalue weighted by molar-refractivity contribution is -0.137. The first kappa shape index (κ1) is 10.1. The van der Waals surface area contributed by atoms with E-state index in [1.54, 1.807) is 11.3 Å². The third kappa shape index (κ3) is 2.00. The van der Waals surface area contributed by atoms with E-state index in [1.165, 1.54) is 0 Å². The van der Waals surface area contributed by atoms with Gasteiger partial charge in [-0.2, -0.15) is 0 Å². The van der Waals surface area contributed by atoms with Crippen LogP contribution in [0.5, 0.6) is 0 Å². The molecule has 4 heteroatoms. The summed E-state index contributed by atoms with van der Waals surface area (Å²) in [6, 6.07) is 7.47. The molecule has 1 aromatic carbocycles. The fourth-order valence-corrected chi connectivity index (χ4v) is 2.61. The van der Waals surface area contributed by atoms with Crippen LogP contribution >= 0.6 is 11.3 Å². The summed E-state index contributed by atoms with van der Waals surface area (Å²) in [4.78, 5) is 10.6. The van der Waals surface area contributed by atoms with E-state index in [-0.39, 0.29) is 6.42 Å². The van der Waals surface area contributed by atoms with Gasteiger partial charge in [0.25, 0.3) is 0 Å². The number of carboxylic acids is 1. The largest absolute Gasteiger partial charge is 0.481 e. The summed E-state index contributed by atoms with van der Waals surface area (Å²) in [7, 11) is 0. The molecule has 0 saturated heterocycles. The number of fused-ring (bicyclic) bond motifs is 1. The van der Waals surface area contributed by atoms with E-state index in [0.717, 1.165) is 15.6 Å². The zero-order valence-corrected chi connectivity index (χ0v) is 8.83. The molecule has 15 heavy (non-hydrogen) atoms. The molecular weight excluding hydrogens is 210 g/mol. The van der Waals surface area contributed by atoms with Crippen LogP contribution in [0.15, 0.2) is 29.6 Å². The van der Waals surface area contributed by atoms with Gasteiger partial charge in [-0.15, -0.1) is 11.3 Å². The van der Waals surface area contributed by atoms with E-state index < -0.39 is 12.0 Å². The molecule has 1 unspecified atom stereocenters. The number of thiophene rings is 1. The Bertz CT molecular complexity index is 492. The van der Waals surface area contributed by atoms with Gasteiger partial charge >= 0.3 is 5.97 Å². The molecule has 78 valence electrons. The van der Waals surface area contributed by atoms with E-state index in [1.807, 2.05) is 29.6 Å². The summed E-state index contributed by atoms with van der Waals surface area (Å²) >= 11 is 1.60. The molecule has 0 aliphatic rings. The summed E-state index contributed by atoms with van der Waals surface area (Å²) in [6.07, 6.45) is -0.0271. The lowest BCUT2D eigenvalue weighted by atomic mass is 10.0. The summed E-state index contributed by atoms with van der Waals surface area (Å²) in [6.45, 7) is 0. The molecule has 0 bridgehead atoms. The van der Waals surface area contributed by atoms with Crippen LogP contribution in [0, 0.1) is 0 Å². The molecule has 1 heterocycles. The van der Waals surface area contributed by atoms with E-state index in [4.69, 9.17) is 10.8 Å². The van der Waals surface area contributed by atoms with Crippen LogP contribution in [0.4, 0.5) is 0 Å². The minimum atomic E-state index is -0.863. The molecule has 0 fully saturated rings. The second-order valence-electron chi connectivity index (χ2n) is 3.39. The maximum absolute atomic E-state index is 10.6. The Morgan fingerprint density at radius 3 is 2.93 bits per heavy atom. The van der Waals surface area contributed by atoms with Crippen molar-refractivity contribution in [3.63, 3.8) is 0 Å². The quantitative estimate of drug-likeness (QED) is 0.836. The van der Waals surface area contributed by atoms with Crippen molar-refractivity contribution in [2.24, 2.45) is 5.73 Å². The molecule has 2 aromatic rings. The molecule has 3 N–H and O–H groups in total. The van der Waals surface area contributed by atoms with E-state index in [2.05, 4.69) is 0 Å². The standard InChI is InChI=1S/C11H11NO2S/c12-9(5-11(13)14)8-6-15-10-4-2-1-3-7(8)10/h1-4,6,9H,5,12H2,(H,13,14). The highest BCUT2D eigenvalue weighted by molar-refractivity contribution is 7.17. The van der Waals surface area contributed by atoms with Crippen LogP contribution in [0.25, 0.3) is 10.1 Å². The van der Waals surface area contributed by atoms with Gasteiger partial charge in [-0.1, -0.05) is 18.2 Å². The summed E-state index contributed by atoms with van der Waals surface area (Å²) in [5.41, 5.74) is 6.76. The van der Waals surface area contributed by atoms with Crippen molar-refractivity contribution in [2.75, 3.05) is 0 Å². The minimum absolute atomic E-state index is 0.0271. The second-order valence-corrected chi connectivity index (χ2v) is 4.30. The number of benzene rings is 1. The van der Waals surface area contributed by atoms with Gasteiger partial charge in [0.2, 0.25) is 0 Å². The fourth-order valence-electron chi connectivity index (χ4n) is 1.58. The van der Waals surface area contributed by atoms with Gasteiger partial charge in [0.15, 0.2) is 0 Å². The van der Waals surface area contributed by atoms with Crippen molar-refractivity contribution >= 4 is 27.4 Å². The summed E-state index contributed by atoms with van der Waals surface area (Å²) < 4.78 is 1.15. The van der Waals surface area contributed by atoms with E-state index in [9.17, 15) is 4.79 Å². The maximum atomic E-state index is 10.6. The molecule has 0 radical (unpaired) electrons. The van der Waals surface area contributed by atoms with Crippen LogP contribution in [0.3, 0.4) is 0 Å². The molecular formula is C11H11NO2S. The van der Waals surface area contributed by atoms with Gasteiger partial charge in [0.1, 0.15) is 0 Å². The van der Waals surface area contributed by atoms with Crippen molar-refractivity contribution in [3.8, 4) is 0 Å². The van der Waals surface area contributed by atoms with Gasteiger partial charge in [-0.3, -0.25) is 4.79 Å². The number of nitrogens with two attached hydrogens (primary N) is 1. The van der Waals surface area contributed by atoms with Gasteiger partial charge in [-0.25, -0.2) is 0 Å². The van der Waals surface area contributed by atoms with Gasteiger partial charge in [0, 0.05) is 10.7 Å². The number of rotatable bonds is 3. The SMILES string of the molecule is NC(CC(=O)O)c1csc2ccccc12. The summed E-state index contributed by atoms with van der Waals surface area (Å²) in [5, 5.41) is 11.7. The maximum Gasteiger partial charge on any atom is 0.305 e. The Hall–Kier alpha value is -1.39. The van der Waals surface area contributed by atoms with Crippen LogP contribution in [-0.4, -0.2) is 11.1 Å². The zero-order valence-electron chi connectivity index (χ0n) is 8.01. The Kier molecular flexibility index (Phi) is 2.70. The fraction of sp³-hybridized carbons (Fsp3) is 0.182. The number of carbonyl (C=O) groups is 1. The molecule has 2 rings (SSSR count). The van der Waals surface area contributed by atoms with E-state index >= 15 is 0 Å². The number of hydrogen-bond acceptors (Lipinski definition) is 3. The molecule has 0 aliphatic heterocycles. The van der Waals surface area contributed by atoms with E-state index in [0.29, 0.717) is 0 Å². The molecule has 1 atom stereocenters. The highest BCUT2D eigenvalue weighted by atomic mass is 32.1.